The number of nitrogens with one attached hydrogen (secondary N) is 1. The summed E-state index contributed by atoms with van der Waals surface area (Å²) in [5.41, 5.74) is 0.979. The van der Waals surface area contributed by atoms with Crippen LogP contribution in [0.2, 0.25) is 0 Å². The number of nitrogens with zero attached hydrogens (tertiary/aromatic N) is 1. The number of carbonyl (C=O) groups excluding carboxylic acids is 1. The molecular weight excluding hydrogens is 383 g/mol. The molecule has 6 nitrogen and oxygen atoms in total. The van der Waals surface area contributed by atoms with Gasteiger partial charge in [0.1, 0.15) is 11.6 Å². The van der Waals surface area contributed by atoms with Crippen molar-refractivity contribution in [3.8, 4) is 5.75 Å². The Bertz CT molecular complexity index is 957. The fraction of sp³-hybridized carbons (Fsp3) is 0.350. The lowest BCUT2D eigenvalue weighted by atomic mass is 10.1. The Morgan fingerprint density at radius 1 is 1.11 bits per heavy atom. The fourth-order valence-electron chi connectivity index (χ4n) is 2.79. The summed E-state index contributed by atoms with van der Waals surface area (Å²) >= 11 is 0. The Morgan fingerprint density at radius 2 is 1.79 bits per heavy atom. The van der Waals surface area contributed by atoms with Crippen LogP contribution >= 0.6 is 0 Å². The first-order chi connectivity index (χ1) is 13.2. The van der Waals surface area contributed by atoms with Gasteiger partial charge in [0.25, 0.3) is 5.91 Å². The summed E-state index contributed by atoms with van der Waals surface area (Å²) in [6.45, 7) is 7.98. The molecule has 0 spiro atoms. The molecule has 1 amide bonds. The molecule has 0 aliphatic heterocycles. The van der Waals surface area contributed by atoms with Crippen LogP contribution in [0.3, 0.4) is 0 Å². The lowest BCUT2D eigenvalue weighted by Crippen LogP contribution is -2.30. The van der Waals surface area contributed by atoms with Crippen molar-refractivity contribution in [2.75, 3.05) is 25.0 Å². The van der Waals surface area contributed by atoms with E-state index in [1.807, 2.05) is 0 Å². The second-order valence-corrected chi connectivity index (χ2v) is 8.03. The van der Waals surface area contributed by atoms with E-state index in [9.17, 15) is 17.6 Å². The monoisotopic (exact) mass is 408 g/mol. The number of hydrogen-bond acceptors (Lipinski definition) is 4. The highest BCUT2D eigenvalue weighted by atomic mass is 32.2. The molecule has 152 valence electrons. The van der Waals surface area contributed by atoms with Gasteiger partial charge in [-0.15, -0.1) is 0 Å². The number of carbonyl (C=O) groups is 1. The Kier molecular flexibility index (Phi) is 7.15. The normalized spacial score (nSPS) is 11.5. The minimum atomic E-state index is -3.70. The molecule has 0 atom stereocenters. The minimum absolute atomic E-state index is 0.0471. The lowest BCUT2D eigenvalue weighted by Gasteiger charge is -2.20. The second-order valence-electron chi connectivity index (χ2n) is 6.09. The number of anilines is 1. The maximum absolute atomic E-state index is 13.5. The van der Waals surface area contributed by atoms with E-state index in [-0.39, 0.29) is 16.1 Å². The van der Waals surface area contributed by atoms with E-state index >= 15 is 0 Å². The highest BCUT2D eigenvalue weighted by molar-refractivity contribution is 7.89. The lowest BCUT2D eigenvalue weighted by molar-refractivity contribution is 0.102. The van der Waals surface area contributed by atoms with Crippen LogP contribution in [0, 0.1) is 12.7 Å². The molecule has 2 aromatic carbocycles. The summed E-state index contributed by atoms with van der Waals surface area (Å²) < 4.78 is 46.0. The van der Waals surface area contributed by atoms with Crippen LogP contribution in [0.4, 0.5) is 10.1 Å². The third kappa shape index (κ3) is 4.69. The van der Waals surface area contributed by atoms with Crippen molar-refractivity contribution in [2.24, 2.45) is 0 Å². The Labute approximate surface area is 165 Å². The summed E-state index contributed by atoms with van der Waals surface area (Å²) in [5, 5.41) is 2.65. The predicted octanol–water partition coefficient (Wildman–Crippen LogP) is 3.82. The topological polar surface area (TPSA) is 75.7 Å². The molecule has 0 saturated carbocycles. The summed E-state index contributed by atoms with van der Waals surface area (Å²) in [4.78, 5) is 12.7. The van der Waals surface area contributed by atoms with E-state index in [2.05, 4.69) is 5.32 Å². The summed E-state index contributed by atoms with van der Waals surface area (Å²) in [5.74, 6) is -0.739. The quantitative estimate of drug-likeness (QED) is 0.721. The van der Waals surface area contributed by atoms with Gasteiger partial charge in [-0.3, -0.25) is 4.79 Å². The number of rotatable bonds is 8. The van der Waals surface area contributed by atoms with Gasteiger partial charge in [0.15, 0.2) is 0 Å². The molecule has 0 aliphatic carbocycles. The number of amides is 1. The van der Waals surface area contributed by atoms with Crippen molar-refractivity contribution < 1.29 is 22.3 Å². The zero-order chi connectivity index (χ0) is 20.9. The minimum Gasteiger partial charge on any atom is -0.492 e. The van der Waals surface area contributed by atoms with Gasteiger partial charge in [-0.05, 0) is 49.7 Å². The SMILES string of the molecule is CCOc1ccc(S(=O)(=O)N(CC)CC)cc1NC(=O)c1cc(F)ccc1C. The molecule has 0 heterocycles. The van der Waals surface area contributed by atoms with Gasteiger partial charge in [-0.25, -0.2) is 12.8 Å². The highest BCUT2D eigenvalue weighted by Gasteiger charge is 2.23. The standard InChI is InChI=1S/C20H25FN2O4S/c1-5-23(6-2)28(25,26)16-10-11-19(27-7-3)18(13-16)22-20(24)17-12-15(21)9-8-14(17)4/h8-13H,5-7H2,1-4H3,(H,22,24). The van der Waals surface area contributed by atoms with Gasteiger partial charge < -0.3 is 10.1 Å². The van der Waals surface area contributed by atoms with E-state index in [4.69, 9.17) is 4.74 Å². The van der Waals surface area contributed by atoms with Crippen LogP contribution < -0.4 is 10.1 Å². The second kappa shape index (κ2) is 9.16. The van der Waals surface area contributed by atoms with Crippen molar-refractivity contribution in [1.82, 2.24) is 4.31 Å². The van der Waals surface area contributed by atoms with Crippen molar-refractivity contribution in [3.05, 3.63) is 53.3 Å². The number of hydrogen-bond donors (Lipinski definition) is 1. The molecule has 2 rings (SSSR count). The molecule has 0 bridgehead atoms. The third-order valence-corrected chi connectivity index (χ3v) is 6.33. The fourth-order valence-corrected chi connectivity index (χ4v) is 4.27. The van der Waals surface area contributed by atoms with Gasteiger partial charge >= 0.3 is 0 Å². The van der Waals surface area contributed by atoms with Crippen LogP contribution in [-0.2, 0) is 10.0 Å². The molecule has 0 fully saturated rings. The predicted molar refractivity (Wildman–Crippen MR) is 107 cm³/mol. The maximum Gasteiger partial charge on any atom is 0.256 e. The van der Waals surface area contributed by atoms with E-state index in [1.165, 1.54) is 34.6 Å². The third-order valence-electron chi connectivity index (χ3n) is 4.29. The van der Waals surface area contributed by atoms with E-state index in [1.54, 1.807) is 27.7 Å². The van der Waals surface area contributed by atoms with E-state index in [0.29, 0.717) is 31.0 Å². The summed E-state index contributed by atoms with van der Waals surface area (Å²) in [6, 6.07) is 8.24. The van der Waals surface area contributed by atoms with Crippen molar-refractivity contribution >= 4 is 21.6 Å². The van der Waals surface area contributed by atoms with Crippen LogP contribution in [0.15, 0.2) is 41.3 Å². The van der Waals surface area contributed by atoms with Gasteiger partial charge in [0.2, 0.25) is 10.0 Å². The molecule has 2 aromatic rings. The van der Waals surface area contributed by atoms with Crippen LogP contribution in [0.25, 0.3) is 0 Å². The first-order valence-electron chi connectivity index (χ1n) is 9.09. The molecule has 1 N–H and O–H groups in total. The molecule has 0 aromatic heterocycles. The zero-order valence-corrected chi connectivity index (χ0v) is 17.3. The number of halogens is 1. The number of aryl methyl sites for hydroxylation is 1. The van der Waals surface area contributed by atoms with Crippen LogP contribution in [0.5, 0.6) is 5.75 Å². The largest absolute Gasteiger partial charge is 0.492 e. The molecular formula is C20H25FN2O4S. The van der Waals surface area contributed by atoms with Crippen molar-refractivity contribution in [1.29, 1.82) is 0 Å². The first-order valence-corrected chi connectivity index (χ1v) is 10.5. The smallest absolute Gasteiger partial charge is 0.256 e. The molecule has 0 radical (unpaired) electrons. The maximum atomic E-state index is 13.5. The molecule has 28 heavy (non-hydrogen) atoms. The average molecular weight is 408 g/mol. The molecule has 8 heteroatoms. The Hall–Kier alpha value is -2.45. The number of sulfonamides is 1. The van der Waals surface area contributed by atoms with E-state index in [0.717, 1.165) is 6.07 Å². The number of ether oxygens (including phenoxy) is 1. The van der Waals surface area contributed by atoms with Crippen molar-refractivity contribution in [2.45, 2.75) is 32.6 Å². The zero-order valence-electron chi connectivity index (χ0n) is 16.5. The molecule has 0 aliphatic rings. The molecule has 0 saturated heterocycles. The highest BCUT2D eigenvalue weighted by Crippen LogP contribution is 2.30. The average Bonchev–Trinajstić information content (AvgIpc) is 2.65. The Balaban J connectivity index is 2.46. The summed E-state index contributed by atoms with van der Waals surface area (Å²) in [6.07, 6.45) is 0. The van der Waals surface area contributed by atoms with Crippen LogP contribution in [-0.4, -0.2) is 38.3 Å². The van der Waals surface area contributed by atoms with Gasteiger partial charge in [-0.1, -0.05) is 19.9 Å². The molecule has 0 unspecified atom stereocenters. The summed E-state index contributed by atoms with van der Waals surface area (Å²) in [7, 11) is -3.70. The van der Waals surface area contributed by atoms with Crippen molar-refractivity contribution in [3.63, 3.8) is 0 Å². The van der Waals surface area contributed by atoms with E-state index < -0.39 is 21.7 Å². The van der Waals surface area contributed by atoms with Gasteiger partial charge in [-0.2, -0.15) is 4.31 Å². The number of benzene rings is 2. The first kappa shape index (κ1) is 21.8. The van der Waals surface area contributed by atoms with Gasteiger partial charge in [0.05, 0.1) is 17.2 Å². The Morgan fingerprint density at radius 3 is 2.39 bits per heavy atom. The van der Waals surface area contributed by atoms with Gasteiger partial charge in [0, 0.05) is 18.7 Å². The van der Waals surface area contributed by atoms with Crippen LogP contribution in [0.1, 0.15) is 36.7 Å².